The number of aliphatic imine (C=N–C) groups is 1. The fourth-order valence-corrected chi connectivity index (χ4v) is 2.43. The molecule has 0 spiro atoms. The molecule has 2 rings (SSSR count). The number of benzene rings is 1. The van der Waals surface area contributed by atoms with Crippen molar-refractivity contribution in [3.05, 3.63) is 35.4 Å². The molecule has 19 heavy (non-hydrogen) atoms. The van der Waals surface area contributed by atoms with Crippen LogP contribution >= 0.6 is 0 Å². The summed E-state index contributed by atoms with van der Waals surface area (Å²) in [6.45, 7) is 1.81. The van der Waals surface area contributed by atoms with Crippen molar-refractivity contribution in [3.8, 4) is 0 Å². The number of nitrogens with two attached hydrogens (primary N) is 1. The van der Waals surface area contributed by atoms with Gasteiger partial charge in [0.15, 0.2) is 9.84 Å². The van der Waals surface area contributed by atoms with Gasteiger partial charge in [0, 0.05) is 17.7 Å². The third kappa shape index (κ3) is 2.73. The Balaban J connectivity index is 2.33. The summed E-state index contributed by atoms with van der Waals surface area (Å²) in [5.41, 5.74) is 6.86. The molecular formula is C13H14N2O3S. The first-order chi connectivity index (χ1) is 8.79. The quantitative estimate of drug-likeness (QED) is 0.817. The predicted molar refractivity (Wildman–Crippen MR) is 73.3 cm³/mol. The van der Waals surface area contributed by atoms with Gasteiger partial charge in [0.1, 0.15) is 5.84 Å². The summed E-state index contributed by atoms with van der Waals surface area (Å²) in [7, 11) is -3.21. The van der Waals surface area contributed by atoms with Gasteiger partial charge in [0.25, 0.3) is 5.91 Å². The summed E-state index contributed by atoms with van der Waals surface area (Å²) in [6, 6.07) is 6.32. The van der Waals surface area contributed by atoms with Gasteiger partial charge in [-0.05, 0) is 23.8 Å². The van der Waals surface area contributed by atoms with Crippen LogP contribution in [0.2, 0.25) is 0 Å². The monoisotopic (exact) mass is 278 g/mol. The zero-order valence-electron chi connectivity index (χ0n) is 10.6. The highest BCUT2D eigenvalue weighted by Crippen LogP contribution is 2.23. The minimum atomic E-state index is -3.21. The molecule has 0 aromatic heterocycles. The molecular weight excluding hydrogens is 264 g/mol. The standard InChI is InChI=1S/C13H14N2O3S/c1-8-11(13(16)15-12(8)14)7-9-3-5-10(6-4-9)19(2,17)18/h3-8H,1-2H3,(H2,14,15,16)/b11-7-/t8-/m0/s1. The molecule has 0 saturated carbocycles. The molecule has 1 aromatic carbocycles. The largest absolute Gasteiger partial charge is 0.387 e. The van der Waals surface area contributed by atoms with E-state index in [0.717, 1.165) is 11.8 Å². The summed E-state index contributed by atoms with van der Waals surface area (Å²) in [4.78, 5) is 15.5. The van der Waals surface area contributed by atoms with Gasteiger partial charge < -0.3 is 5.73 Å². The molecule has 0 saturated heterocycles. The van der Waals surface area contributed by atoms with Crippen LogP contribution < -0.4 is 5.73 Å². The van der Waals surface area contributed by atoms with Crippen LogP contribution in [0.15, 0.2) is 39.7 Å². The van der Waals surface area contributed by atoms with Crippen molar-refractivity contribution < 1.29 is 13.2 Å². The van der Waals surface area contributed by atoms with Crippen molar-refractivity contribution >= 4 is 27.7 Å². The molecule has 1 aliphatic heterocycles. The Morgan fingerprint density at radius 3 is 2.26 bits per heavy atom. The van der Waals surface area contributed by atoms with E-state index in [9.17, 15) is 13.2 Å². The minimum Gasteiger partial charge on any atom is -0.387 e. The molecule has 0 radical (unpaired) electrons. The van der Waals surface area contributed by atoms with Crippen LogP contribution in [0.5, 0.6) is 0 Å². The lowest BCUT2D eigenvalue weighted by atomic mass is 10.00. The van der Waals surface area contributed by atoms with E-state index in [1.807, 2.05) is 0 Å². The highest BCUT2D eigenvalue weighted by molar-refractivity contribution is 7.90. The summed E-state index contributed by atoms with van der Waals surface area (Å²) >= 11 is 0. The number of nitrogens with zero attached hydrogens (tertiary/aromatic N) is 1. The highest BCUT2D eigenvalue weighted by Gasteiger charge is 2.26. The molecule has 6 heteroatoms. The van der Waals surface area contributed by atoms with Crippen LogP contribution in [0, 0.1) is 5.92 Å². The molecule has 1 heterocycles. The normalized spacial score (nSPS) is 21.8. The van der Waals surface area contributed by atoms with E-state index >= 15 is 0 Å². The summed E-state index contributed by atoms with van der Waals surface area (Å²) < 4.78 is 22.7. The lowest BCUT2D eigenvalue weighted by Gasteiger charge is -2.04. The van der Waals surface area contributed by atoms with Crippen molar-refractivity contribution in [1.29, 1.82) is 0 Å². The van der Waals surface area contributed by atoms with Gasteiger partial charge in [-0.2, -0.15) is 4.99 Å². The summed E-state index contributed by atoms with van der Waals surface area (Å²) in [5, 5.41) is 0. The first kappa shape index (κ1) is 13.5. The zero-order valence-corrected chi connectivity index (χ0v) is 11.4. The van der Waals surface area contributed by atoms with E-state index in [1.54, 1.807) is 25.1 Å². The number of sulfone groups is 1. The molecule has 100 valence electrons. The maximum atomic E-state index is 11.6. The van der Waals surface area contributed by atoms with E-state index < -0.39 is 9.84 Å². The smallest absolute Gasteiger partial charge is 0.275 e. The van der Waals surface area contributed by atoms with Gasteiger partial charge in [0.05, 0.1) is 4.90 Å². The molecule has 0 unspecified atom stereocenters. The van der Waals surface area contributed by atoms with Gasteiger partial charge in [-0.1, -0.05) is 19.1 Å². The maximum absolute atomic E-state index is 11.6. The van der Waals surface area contributed by atoms with E-state index in [0.29, 0.717) is 11.4 Å². The number of carbonyl (C=O) groups is 1. The molecule has 0 fully saturated rings. The minimum absolute atomic E-state index is 0.206. The number of hydrogen-bond donors (Lipinski definition) is 1. The second-order valence-electron chi connectivity index (χ2n) is 4.50. The van der Waals surface area contributed by atoms with Gasteiger partial charge in [-0.25, -0.2) is 8.42 Å². The van der Waals surface area contributed by atoms with Crippen molar-refractivity contribution in [2.24, 2.45) is 16.6 Å². The number of carbonyl (C=O) groups excluding carboxylic acids is 1. The zero-order chi connectivity index (χ0) is 14.2. The van der Waals surface area contributed by atoms with Gasteiger partial charge in [-0.15, -0.1) is 0 Å². The topological polar surface area (TPSA) is 89.6 Å². The second kappa shape index (κ2) is 4.62. The molecule has 1 amide bonds. The lowest BCUT2D eigenvalue weighted by molar-refractivity contribution is -0.114. The van der Waals surface area contributed by atoms with Crippen LogP contribution in [-0.2, 0) is 14.6 Å². The van der Waals surface area contributed by atoms with Crippen LogP contribution in [-0.4, -0.2) is 26.4 Å². The van der Waals surface area contributed by atoms with Crippen LogP contribution in [0.25, 0.3) is 6.08 Å². The number of rotatable bonds is 2. The SMILES string of the molecule is C[C@@H]1C(N)=NC(=O)/C1=C\c1ccc(S(C)(=O)=O)cc1. The first-order valence-electron chi connectivity index (χ1n) is 5.69. The fraction of sp³-hybridized carbons (Fsp3) is 0.231. The van der Waals surface area contributed by atoms with Crippen molar-refractivity contribution in [2.75, 3.05) is 6.26 Å². The molecule has 0 aliphatic carbocycles. The Morgan fingerprint density at radius 1 is 1.26 bits per heavy atom. The van der Waals surface area contributed by atoms with E-state index in [1.165, 1.54) is 12.1 Å². The molecule has 1 atom stereocenters. The van der Waals surface area contributed by atoms with Gasteiger partial charge in [0.2, 0.25) is 0 Å². The van der Waals surface area contributed by atoms with Crippen molar-refractivity contribution in [2.45, 2.75) is 11.8 Å². The fourth-order valence-electron chi connectivity index (χ4n) is 1.80. The predicted octanol–water partition coefficient (Wildman–Crippen LogP) is 1.01. The van der Waals surface area contributed by atoms with E-state index in [4.69, 9.17) is 5.73 Å². The molecule has 1 aliphatic rings. The highest BCUT2D eigenvalue weighted by atomic mass is 32.2. The Bertz CT molecular complexity index is 685. The number of hydrogen-bond acceptors (Lipinski definition) is 4. The first-order valence-corrected chi connectivity index (χ1v) is 7.58. The van der Waals surface area contributed by atoms with Crippen LogP contribution in [0.4, 0.5) is 0 Å². The Kier molecular flexibility index (Phi) is 3.28. The third-order valence-corrected chi connectivity index (χ3v) is 4.15. The third-order valence-electron chi connectivity index (χ3n) is 3.02. The van der Waals surface area contributed by atoms with E-state index in [-0.39, 0.29) is 16.7 Å². The average Bonchev–Trinajstić information content (AvgIpc) is 2.56. The summed E-state index contributed by atoms with van der Waals surface area (Å²) in [6.07, 6.45) is 2.83. The van der Waals surface area contributed by atoms with Crippen LogP contribution in [0.1, 0.15) is 12.5 Å². The lowest BCUT2D eigenvalue weighted by Crippen LogP contribution is -2.17. The molecule has 0 bridgehead atoms. The van der Waals surface area contributed by atoms with Crippen molar-refractivity contribution in [3.63, 3.8) is 0 Å². The summed E-state index contributed by atoms with van der Waals surface area (Å²) in [5.74, 6) is -0.233. The molecule has 1 aromatic rings. The molecule has 5 nitrogen and oxygen atoms in total. The van der Waals surface area contributed by atoms with Gasteiger partial charge in [-0.3, -0.25) is 4.79 Å². The number of amidine groups is 1. The Labute approximate surface area is 111 Å². The molecule has 2 N–H and O–H groups in total. The number of amides is 1. The Hall–Kier alpha value is -1.95. The second-order valence-corrected chi connectivity index (χ2v) is 6.52. The average molecular weight is 278 g/mol. The van der Waals surface area contributed by atoms with Crippen LogP contribution in [0.3, 0.4) is 0 Å². The van der Waals surface area contributed by atoms with Gasteiger partial charge >= 0.3 is 0 Å². The Morgan fingerprint density at radius 2 is 1.84 bits per heavy atom. The maximum Gasteiger partial charge on any atom is 0.275 e. The van der Waals surface area contributed by atoms with Crippen molar-refractivity contribution in [1.82, 2.24) is 0 Å². The van der Waals surface area contributed by atoms with E-state index in [2.05, 4.69) is 4.99 Å².